The molecule has 1 N–H and O–H groups in total. The van der Waals surface area contributed by atoms with E-state index in [0.29, 0.717) is 51.0 Å². The molecule has 4 heterocycles. The van der Waals surface area contributed by atoms with E-state index in [1.807, 2.05) is 9.80 Å². The molecule has 4 rings (SSSR count). The van der Waals surface area contributed by atoms with Crippen LogP contribution in [0, 0.1) is 11.8 Å². The first-order chi connectivity index (χ1) is 12.1. The van der Waals surface area contributed by atoms with E-state index in [9.17, 15) is 14.4 Å². The van der Waals surface area contributed by atoms with Gasteiger partial charge in [0, 0.05) is 62.4 Å². The van der Waals surface area contributed by atoms with Crippen LogP contribution in [0.4, 0.5) is 0 Å². The van der Waals surface area contributed by atoms with Crippen LogP contribution in [0.2, 0.25) is 0 Å². The Balaban J connectivity index is 1.31. The molecule has 3 fully saturated rings. The number of likely N-dealkylation sites (tertiary alicyclic amines) is 2. The standard InChI is InChI=1S/C18H22N4O3/c23-16-9-14-10-22(11-15(14)20-16)18(25)13-3-7-21(8-4-13)17(24)12-1-5-19-6-2-12/h1-2,5-6,13-15H,3-4,7-11H2,(H,20,23)/t14-,15+/m0/s1. The van der Waals surface area contributed by atoms with Gasteiger partial charge < -0.3 is 15.1 Å². The Hall–Kier alpha value is -2.44. The number of carbonyl (C=O) groups is 3. The third-order valence-corrected chi connectivity index (χ3v) is 5.61. The maximum absolute atomic E-state index is 12.8. The molecule has 2 atom stereocenters. The minimum absolute atomic E-state index is 0.00622. The van der Waals surface area contributed by atoms with Crippen molar-refractivity contribution in [1.29, 1.82) is 0 Å². The van der Waals surface area contributed by atoms with E-state index in [1.165, 1.54) is 0 Å². The Kier molecular flexibility index (Phi) is 4.15. The third-order valence-electron chi connectivity index (χ3n) is 5.61. The minimum Gasteiger partial charge on any atom is -0.351 e. The van der Waals surface area contributed by atoms with Gasteiger partial charge in [-0.25, -0.2) is 0 Å². The van der Waals surface area contributed by atoms with Gasteiger partial charge in [0.25, 0.3) is 5.91 Å². The van der Waals surface area contributed by atoms with E-state index in [2.05, 4.69) is 10.3 Å². The second-order valence-corrected chi connectivity index (χ2v) is 7.18. The lowest BCUT2D eigenvalue weighted by Gasteiger charge is -2.33. The summed E-state index contributed by atoms with van der Waals surface area (Å²) in [5.41, 5.74) is 0.642. The van der Waals surface area contributed by atoms with Gasteiger partial charge in [0.2, 0.25) is 11.8 Å². The number of pyridine rings is 1. The molecule has 0 aromatic carbocycles. The summed E-state index contributed by atoms with van der Waals surface area (Å²) < 4.78 is 0. The van der Waals surface area contributed by atoms with Crippen molar-refractivity contribution >= 4 is 17.7 Å². The maximum atomic E-state index is 12.8. The SMILES string of the molecule is O=C1C[C@H]2CN(C(=O)C3CCN(C(=O)c4ccncc4)CC3)C[C@H]2N1. The molecule has 3 aliphatic rings. The molecule has 1 aromatic heterocycles. The summed E-state index contributed by atoms with van der Waals surface area (Å²) in [5, 5.41) is 2.95. The Morgan fingerprint density at radius 2 is 1.80 bits per heavy atom. The summed E-state index contributed by atoms with van der Waals surface area (Å²) in [6, 6.07) is 3.57. The zero-order valence-corrected chi connectivity index (χ0v) is 14.1. The third kappa shape index (κ3) is 3.10. The van der Waals surface area contributed by atoms with Crippen LogP contribution in [0.25, 0.3) is 0 Å². The topological polar surface area (TPSA) is 82.6 Å². The number of aromatic nitrogens is 1. The number of nitrogens with zero attached hydrogens (tertiary/aromatic N) is 3. The quantitative estimate of drug-likeness (QED) is 0.837. The molecule has 0 bridgehead atoms. The maximum Gasteiger partial charge on any atom is 0.253 e. The number of rotatable bonds is 2. The van der Waals surface area contributed by atoms with Crippen LogP contribution in [0.3, 0.4) is 0 Å². The lowest BCUT2D eigenvalue weighted by Crippen LogP contribution is -2.44. The van der Waals surface area contributed by atoms with Crippen LogP contribution >= 0.6 is 0 Å². The van der Waals surface area contributed by atoms with E-state index in [1.54, 1.807) is 24.5 Å². The van der Waals surface area contributed by atoms with Crippen LogP contribution in [0.1, 0.15) is 29.6 Å². The average molecular weight is 342 g/mol. The number of nitrogens with one attached hydrogen (secondary N) is 1. The average Bonchev–Trinajstić information content (AvgIpc) is 3.19. The van der Waals surface area contributed by atoms with Gasteiger partial charge in [-0.3, -0.25) is 19.4 Å². The van der Waals surface area contributed by atoms with Gasteiger partial charge in [-0.1, -0.05) is 0 Å². The highest BCUT2D eigenvalue weighted by Gasteiger charge is 2.43. The molecule has 3 aliphatic heterocycles. The van der Waals surface area contributed by atoms with Crippen LogP contribution in [-0.2, 0) is 9.59 Å². The summed E-state index contributed by atoms with van der Waals surface area (Å²) in [5.74, 6) is 0.539. The first kappa shape index (κ1) is 16.1. The molecule has 0 aliphatic carbocycles. The van der Waals surface area contributed by atoms with Crippen molar-refractivity contribution in [1.82, 2.24) is 20.1 Å². The highest BCUT2D eigenvalue weighted by Crippen LogP contribution is 2.29. The number of piperidine rings is 1. The van der Waals surface area contributed by atoms with Gasteiger partial charge in [-0.05, 0) is 25.0 Å². The Morgan fingerprint density at radius 3 is 2.48 bits per heavy atom. The smallest absolute Gasteiger partial charge is 0.253 e. The predicted molar refractivity (Wildman–Crippen MR) is 89.5 cm³/mol. The summed E-state index contributed by atoms with van der Waals surface area (Å²) in [7, 11) is 0. The summed E-state index contributed by atoms with van der Waals surface area (Å²) in [4.78, 5) is 44.3. The van der Waals surface area contributed by atoms with Gasteiger partial charge in [-0.2, -0.15) is 0 Å². The van der Waals surface area contributed by atoms with E-state index >= 15 is 0 Å². The molecule has 0 unspecified atom stereocenters. The molecule has 7 nitrogen and oxygen atoms in total. The molecule has 0 saturated carbocycles. The molecule has 3 amide bonds. The number of hydrogen-bond donors (Lipinski definition) is 1. The molecular formula is C18H22N4O3. The second kappa shape index (κ2) is 6.46. The fourth-order valence-corrected chi connectivity index (χ4v) is 4.19. The van der Waals surface area contributed by atoms with Crippen molar-refractivity contribution in [3.05, 3.63) is 30.1 Å². The first-order valence-electron chi connectivity index (χ1n) is 8.89. The van der Waals surface area contributed by atoms with Crippen LogP contribution in [0.5, 0.6) is 0 Å². The van der Waals surface area contributed by atoms with Crippen LogP contribution in [-0.4, -0.2) is 64.7 Å². The van der Waals surface area contributed by atoms with E-state index in [0.717, 1.165) is 0 Å². The van der Waals surface area contributed by atoms with Crippen molar-refractivity contribution in [2.75, 3.05) is 26.2 Å². The van der Waals surface area contributed by atoms with Crippen molar-refractivity contribution in [3.63, 3.8) is 0 Å². The van der Waals surface area contributed by atoms with Crippen LogP contribution < -0.4 is 5.32 Å². The monoisotopic (exact) mass is 342 g/mol. The van der Waals surface area contributed by atoms with Gasteiger partial charge in [0.05, 0.1) is 6.04 Å². The first-order valence-corrected chi connectivity index (χ1v) is 8.89. The Labute approximate surface area is 146 Å². The second-order valence-electron chi connectivity index (χ2n) is 7.18. The number of hydrogen-bond acceptors (Lipinski definition) is 4. The van der Waals surface area contributed by atoms with E-state index in [4.69, 9.17) is 0 Å². The zero-order chi connectivity index (χ0) is 17.4. The molecule has 0 spiro atoms. The van der Waals surface area contributed by atoms with Crippen LogP contribution in [0.15, 0.2) is 24.5 Å². The van der Waals surface area contributed by atoms with E-state index in [-0.39, 0.29) is 35.6 Å². The lowest BCUT2D eigenvalue weighted by molar-refractivity contribution is -0.136. The normalized spacial score (nSPS) is 26.5. The molecule has 132 valence electrons. The zero-order valence-electron chi connectivity index (χ0n) is 14.1. The van der Waals surface area contributed by atoms with Gasteiger partial charge >= 0.3 is 0 Å². The summed E-state index contributed by atoms with van der Waals surface area (Å²) >= 11 is 0. The minimum atomic E-state index is -0.0176. The van der Waals surface area contributed by atoms with Gasteiger partial charge in [0.15, 0.2) is 0 Å². The number of carbonyl (C=O) groups excluding carboxylic acids is 3. The highest BCUT2D eigenvalue weighted by molar-refractivity contribution is 5.94. The lowest BCUT2D eigenvalue weighted by atomic mass is 9.95. The molecule has 1 aromatic rings. The summed E-state index contributed by atoms with van der Waals surface area (Å²) in [6.45, 7) is 2.52. The fourth-order valence-electron chi connectivity index (χ4n) is 4.19. The van der Waals surface area contributed by atoms with Crippen molar-refractivity contribution < 1.29 is 14.4 Å². The molecule has 0 radical (unpaired) electrons. The predicted octanol–water partition coefficient (Wildman–Crippen LogP) is 0.281. The highest BCUT2D eigenvalue weighted by atomic mass is 16.2. The largest absolute Gasteiger partial charge is 0.351 e. The molecular weight excluding hydrogens is 320 g/mol. The van der Waals surface area contributed by atoms with Gasteiger partial charge in [0.1, 0.15) is 0 Å². The Morgan fingerprint density at radius 1 is 1.08 bits per heavy atom. The van der Waals surface area contributed by atoms with Gasteiger partial charge in [-0.15, -0.1) is 0 Å². The fraction of sp³-hybridized carbons (Fsp3) is 0.556. The number of fused-ring (bicyclic) bond motifs is 1. The number of amides is 3. The molecule has 7 heteroatoms. The summed E-state index contributed by atoms with van der Waals surface area (Å²) in [6.07, 6.45) is 5.17. The molecule has 3 saturated heterocycles. The molecule has 25 heavy (non-hydrogen) atoms. The van der Waals surface area contributed by atoms with Crippen molar-refractivity contribution in [3.8, 4) is 0 Å². The Bertz CT molecular complexity index is 669. The van der Waals surface area contributed by atoms with Crippen molar-refractivity contribution in [2.24, 2.45) is 11.8 Å². The van der Waals surface area contributed by atoms with E-state index < -0.39 is 0 Å². The van der Waals surface area contributed by atoms with Crippen molar-refractivity contribution in [2.45, 2.75) is 25.3 Å².